The van der Waals surface area contributed by atoms with E-state index in [1.165, 1.54) is 0 Å². The lowest BCUT2D eigenvalue weighted by atomic mass is 10.0. The number of Topliss-reactive ketones (excluding diaryl/α,β-unsaturated/α-hetero) is 1. The highest BCUT2D eigenvalue weighted by Gasteiger charge is 2.19. The summed E-state index contributed by atoms with van der Waals surface area (Å²) >= 11 is 0. The van der Waals surface area contributed by atoms with Crippen molar-refractivity contribution in [3.05, 3.63) is 65.9 Å². The average Bonchev–Trinajstić information content (AvgIpc) is 3.16. The maximum atomic E-state index is 12.4. The van der Waals surface area contributed by atoms with Gasteiger partial charge in [0.05, 0.1) is 6.61 Å². The molecule has 1 atom stereocenters. The van der Waals surface area contributed by atoms with Gasteiger partial charge in [-0.25, -0.2) is 0 Å². The molecule has 6 nitrogen and oxygen atoms in total. The van der Waals surface area contributed by atoms with E-state index in [-0.39, 0.29) is 12.2 Å². The number of H-pyrrole nitrogens is 1. The summed E-state index contributed by atoms with van der Waals surface area (Å²) in [5, 5.41) is 13.6. The van der Waals surface area contributed by atoms with Crippen molar-refractivity contribution in [1.82, 2.24) is 10.3 Å². The fourth-order valence-electron chi connectivity index (χ4n) is 3.34. The number of ether oxygens (including phenoxy) is 1. The number of hydrogen-bond acceptors (Lipinski definition) is 4. The first-order valence-electron chi connectivity index (χ1n) is 10.4. The maximum absolute atomic E-state index is 12.4. The normalized spacial score (nSPS) is 12.0. The molecular formula is C24H28N2O4. The molecule has 0 bridgehead atoms. The summed E-state index contributed by atoms with van der Waals surface area (Å²) in [6.07, 6.45) is 4.49. The Morgan fingerprint density at radius 3 is 2.63 bits per heavy atom. The number of carboxylic acid groups (broad SMARTS) is 1. The molecule has 0 radical (unpaired) electrons. The minimum absolute atomic E-state index is 0.0289. The van der Waals surface area contributed by atoms with Gasteiger partial charge in [-0.05, 0) is 42.3 Å². The van der Waals surface area contributed by atoms with Gasteiger partial charge < -0.3 is 20.1 Å². The number of aromatic amines is 1. The summed E-state index contributed by atoms with van der Waals surface area (Å²) in [5.41, 5.74) is 2.52. The van der Waals surface area contributed by atoms with Crippen molar-refractivity contribution in [2.45, 2.75) is 38.6 Å². The Hall–Kier alpha value is -3.12. The van der Waals surface area contributed by atoms with Crippen molar-refractivity contribution < 1.29 is 19.4 Å². The fraction of sp³-hybridized carbons (Fsp3) is 0.333. The number of ketones is 1. The number of para-hydroxylation sites is 1. The molecule has 0 aliphatic heterocycles. The highest BCUT2D eigenvalue weighted by molar-refractivity contribution is 5.96. The number of unbranched alkanes of at least 4 members (excludes halogenated alkanes) is 1. The van der Waals surface area contributed by atoms with Crippen LogP contribution < -0.4 is 10.1 Å². The number of benzene rings is 2. The van der Waals surface area contributed by atoms with E-state index in [4.69, 9.17) is 4.74 Å². The van der Waals surface area contributed by atoms with Gasteiger partial charge in [-0.3, -0.25) is 9.59 Å². The standard InChI is InChI=1S/C24H28N2O4/c1-2-3-14-30-19-10-8-17(9-11-19)23(27)12-13-25-22(24(28)29)15-18-16-26-21-7-5-4-6-20(18)21/h4-11,16,22,25-26H,2-3,12-15H2,1H3,(H,28,29)/t22-/m1/s1. The Morgan fingerprint density at radius 2 is 1.90 bits per heavy atom. The van der Waals surface area contributed by atoms with Crippen LogP contribution in [0, 0.1) is 0 Å². The molecule has 30 heavy (non-hydrogen) atoms. The van der Waals surface area contributed by atoms with Crippen LogP contribution in [0.4, 0.5) is 0 Å². The minimum Gasteiger partial charge on any atom is -0.494 e. The molecule has 0 aliphatic carbocycles. The number of aromatic nitrogens is 1. The van der Waals surface area contributed by atoms with Gasteiger partial charge in [-0.1, -0.05) is 31.5 Å². The number of aliphatic carboxylic acids is 1. The van der Waals surface area contributed by atoms with Crippen molar-refractivity contribution >= 4 is 22.7 Å². The molecule has 158 valence electrons. The van der Waals surface area contributed by atoms with Crippen LogP contribution in [0.3, 0.4) is 0 Å². The molecular weight excluding hydrogens is 380 g/mol. The maximum Gasteiger partial charge on any atom is 0.321 e. The van der Waals surface area contributed by atoms with E-state index in [9.17, 15) is 14.7 Å². The zero-order valence-corrected chi connectivity index (χ0v) is 17.2. The third-order valence-electron chi connectivity index (χ3n) is 5.08. The Labute approximate surface area is 176 Å². The van der Waals surface area contributed by atoms with Gasteiger partial charge >= 0.3 is 5.97 Å². The second-order valence-corrected chi connectivity index (χ2v) is 7.31. The van der Waals surface area contributed by atoms with Crippen LogP contribution in [0.25, 0.3) is 10.9 Å². The van der Waals surface area contributed by atoms with E-state index in [1.54, 1.807) is 24.3 Å². The van der Waals surface area contributed by atoms with Crippen molar-refractivity contribution in [1.29, 1.82) is 0 Å². The van der Waals surface area contributed by atoms with Gasteiger partial charge in [0.2, 0.25) is 0 Å². The molecule has 3 N–H and O–H groups in total. The van der Waals surface area contributed by atoms with Crippen molar-refractivity contribution in [3.63, 3.8) is 0 Å². The molecule has 0 amide bonds. The van der Waals surface area contributed by atoms with Crippen LogP contribution >= 0.6 is 0 Å². The molecule has 0 fully saturated rings. The molecule has 1 heterocycles. The first-order chi connectivity index (χ1) is 14.6. The van der Waals surface area contributed by atoms with Crippen LogP contribution in [-0.2, 0) is 11.2 Å². The molecule has 6 heteroatoms. The van der Waals surface area contributed by atoms with Gasteiger partial charge in [0, 0.05) is 42.0 Å². The zero-order chi connectivity index (χ0) is 21.3. The summed E-state index contributed by atoms with van der Waals surface area (Å²) in [7, 11) is 0. The molecule has 0 unspecified atom stereocenters. The first-order valence-corrected chi connectivity index (χ1v) is 10.4. The average molecular weight is 408 g/mol. The Bertz CT molecular complexity index is 978. The summed E-state index contributed by atoms with van der Waals surface area (Å²) in [6, 6.07) is 14.1. The van der Waals surface area contributed by atoms with Gasteiger partial charge in [0.15, 0.2) is 5.78 Å². The Morgan fingerprint density at radius 1 is 1.13 bits per heavy atom. The summed E-state index contributed by atoms with van der Waals surface area (Å²) < 4.78 is 5.61. The number of carbonyl (C=O) groups excluding carboxylic acids is 1. The predicted molar refractivity (Wildman–Crippen MR) is 117 cm³/mol. The third-order valence-corrected chi connectivity index (χ3v) is 5.08. The van der Waals surface area contributed by atoms with E-state index < -0.39 is 12.0 Å². The van der Waals surface area contributed by atoms with Crippen molar-refractivity contribution in [3.8, 4) is 5.75 Å². The second kappa shape index (κ2) is 10.6. The van der Waals surface area contributed by atoms with Gasteiger partial charge in [0.25, 0.3) is 0 Å². The molecule has 0 aliphatic rings. The van der Waals surface area contributed by atoms with Gasteiger partial charge in [-0.15, -0.1) is 0 Å². The van der Waals surface area contributed by atoms with E-state index >= 15 is 0 Å². The molecule has 3 aromatic rings. The van der Waals surface area contributed by atoms with Gasteiger partial charge in [-0.2, -0.15) is 0 Å². The minimum atomic E-state index is -0.929. The molecule has 2 aromatic carbocycles. The predicted octanol–water partition coefficient (Wildman–Crippen LogP) is 4.21. The second-order valence-electron chi connectivity index (χ2n) is 7.31. The van der Waals surface area contributed by atoms with E-state index in [1.807, 2.05) is 30.5 Å². The number of carbonyl (C=O) groups is 2. The number of fused-ring (bicyclic) bond motifs is 1. The number of rotatable bonds is 12. The van der Waals surface area contributed by atoms with Crippen LogP contribution in [-0.4, -0.2) is 41.0 Å². The summed E-state index contributed by atoms with van der Waals surface area (Å²) in [4.78, 5) is 27.3. The quantitative estimate of drug-likeness (QED) is 0.309. The molecule has 0 spiro atoms. The van der Waals surface area contributed by atoms with E-state index in [0.29, 0.717) is 25.1 Å². The highest BCUT2D eigenvalue weighted by Crippen LogP contribution is 2.19. The number of carboxylic acids is 1. The lowest BCUT2D eigenvalue weighted by Crippen LogP contribution is -2.39. The monoisotopic (exact) mass is 408 g/mol. The van der Waals surface area contributed by atoms with Crippen LogP contribution in [0.1, 0.15) is 42.1 Å². The lowest BCUT2D eigenvalue weighted by Gasteiger charge is -2.14. The molecule has 3 rings (SSSR count). The molecule has 0 saturated heterocycles. The topological polar surface area (TPSA) is 91.4 Å². The summed E-state index contributed by atoms with van der Waals surface area (Å²) in [5.74, 6) is -0.206. The van der Waals surface area contributed by atoms with Crippen LogP contribution in [0.15, 0.2) is 54.7 Å². The Balaban J connectivity index is 1.51. The fourth-order valence-corrected chi connectivity index (χ4v) is 3.34. The lowest BCUT2D eigenvalue weighted by molar-refractivity contribution is -0.139. The molecule has 0 saturated carbocycles. The Kier molecular flexibility index (Phi) is 7.63. The first kappa shape index (κ1) is 21.6. The number of nitrogens with one attached hydrogen (secondary N) is 2. The SMILES string of the molecule is CCCCOc1ccc(C(=O)CCN[C@H](Cc2c[nH]c3ccccc23)C(=O)O)cc1. The van der Waals surface area contributed by atoms with E-state index in [0.717, 1.165) is 35.1 Å². The largest absolute Gasteiger partial charge is 0.494 e. The summed E-state index contributed by atoms with van der Waals surface area (Å²) in [6.45, 7) is 3.07. The zero-order valence-electron chi connectivity index (χ0n) is 17.2. The van der Waals surface area contributed by atoms with Crippen molar-refractivity contribution in [2.75, 3.05) is 13.2 Å². The van der Waals surface area contributed by atoms with Crippen LogP contribution in [0.2, 0.25) is 0 Å². The van der Waals surface area contributed by atoms with Crippen molar-refractivity contribution in [2.24, 2.45) is 0 Å². The van der Waals surface area contributed by atoms with Crippen LogP contribution in [0.5, 0.6) is 5.75 Å². The third kappa shape index (κ3) is 5.70. The smallest absolute Gasteiger partial charge is 0.321 e. The van der Waals surface area contributed by atoms with E-state index in [2.05, 4.69) is 17.2 Å². The molecule has 1 aromatic heterocycles. The number of hydrogen-bond donors (Lipinski definition) is 3. The highest BCUT2D eigenvalue weighted by atomic mass is 16.5. The van der Waals surface area contributed by atoms with Gasteiger partial charge in [0.1, 0.15) is 11.8 Å².